The van der Waals surface area contributed by atoms with E-state index in [-0.39, 0.29) is 12.2 Å². The fraction of sp³-hybridized carbons (Fsp3) is 0.333. The van der Waals surface area contributed by atoms with Crippen LogP contribution >= 0.6 is 0 Å². The van der Waals surface area contributed by atoms with Crippen molar-refractivity contribution in [3.63, 3.8) is 0 Å². The van der Waals surface area contributed by atoms with Gasteiger partial charge in [0, 0.05) is 7.05 Å². The second-order valence-electron chi connectivity index (χ2n) is 3.82. The van der Waals surface area contributed by atoms with Crippen LogP contribution in [0, 0.1) is 0 Å². The predicted molar refractivity (Wildman–Crippen MR) is 65.4 cm³/mol. The molecule has 4 N–H and O–H groups in total. The van der Waals surface area contributed by atoms with Crippen molar-refractivity contribution in [3.8, 4) is 5.75 Å². The highest BCUT2D eigenvalue weighted by Crippen LogP contribution is 2.12. The largest absolute Gasteiger partial charge is 0.508 e. The summed E-state index contributed by atoms with van der Waals surface area (Å²) in [5, 5.41) is 22.7. The van der Waals surface area contributed by atoms with Crippen LogP contribution < -0.4 is 10.6 Å². The fourth-order valence-electron chi connectivity index (χ4n) is 1.46. The zero-order valence-electron chi connectivity index (χ0n) is 10.0. The van der Waals surface area contributed by atoms with Gasteiger partial charge in [0.1, 0.15) is 11.8 Å². The van der Waals surface area contributed by atoms with Gasteiger partial charge in [-0.2, -0.15) is 0 Å². The van der Waals surface area contributed by atoms with Crippen LogP contribution in [0.2, 0.25) is 0 Å². The predicted octanol–water partition coefficient (Wildman–Crippen LogP) is 0.707. The Morgan fingerprint density at radius 2 is 1.89 bits per heavy atom. The van der Waals surface area contributed by atoms with Gasteiger partial charge in [0.2, 0.25) is 0 Å². The fourth-order valence-corrected chi connectivity index (χ4v) is 1.46. The number of amides is 2. The Bertz CT molecular complexity index is 417. The third kappa shape index (κ3) is 4.32. The maximum Gasteiger partial charge on any atom is 0.326 e. The molecule has 0 bridgehead atoms. The first-order valence-corrected chi connectivity index (χ1v) is 5.52. The molecular formula is C12H16N2O4. The second kappa shape index (κ2) is 6.48. The Balaban J connectivity index is 2.54. The van der Waals surface area contributed by atoms with E-state index >= 15 is 0 Å². The van der Waals surface area contributed by atoms with Crippen molar-refractivity contribution in [3.05, 3.63) is 29.8 Å². The molecule has 0 aliphatic heterocycles. The molecule has 1 rings (SSSR count). The molecule has 0 saturated heterocycles. The quantitative estimate of drug-likeness (QED) is 0.620. The highest BCUT2D eigenvalue weighted by atomic mass is 16.4. The topological polar surface area (TPSA) is 98.7 Å². The van der Waals surface area contributed by atoms with Crippen molar-refractivity contribution < 1.29 is 19.8 Å². The third-order valence-corrected chi connectivity index (χ3v) is 2.49. The van der Waals surface area contributed by atoms with Crippen LogP contribution in [0.4, 0.5) is 4.79 Å². The van der Waals surface area contributed by atoms with E-state index in [9.17, 15) is 9.59 Å². The summed E-state index contributed by atoms with van der Waals surface area (Å²) in [4.78, 5) is 22.0. The number of aryl methyl sites for hydroxylation is 1. The number of nitrogens with one attached hydrogen (secondary N) is 2. The molecule has 0 aliphatic carbocycles. The number of carbonyl (C=O) groups excluding carboxylic acids is 1. The number of hydrogen-bond acceptors (Lipinski definition) is 3. The SMILES string of the molecule is CNC(=O)N[C@@H](CCc1ccc(O)cc1)C(=O)O. The second-order valence-corrected chi connectivity index (χ2v) is 3.82. The van der Waals surface area contributed by atoms with Gasteiger partial charge in [-0.05, 0) is 30.5 Å². The molecule has 0 spiro atoms. The van der Waals surface area contributed by atoms with Crippen LogP contribution in [0.1, 0.15) is 12.0 Å². The number of hydrogen-bond donors (Lipinski definition) is 4. The van der Waals surface area contributed by atoms with Crippen LogP contribution in [0.25, 0.3) is 0 Å². The number of carboxylic acids is 1. The number of rotatable bonds is 5. The number of carboxylic acid groups (broad SMARTS) is 1. The summed E-state index contributed by atoms with van der Waals surface area (Å²) in [5.41, 5.74) is 0.901. The van der Waals surface area contributed by atoms with Gasteiger partial charge < -0.3 is 20.8 Å². The van der Waals surface area contributed by atoms with Crippen molar-refractivity contribution in [2.24, 2.45) is 0 Å². The average Bonchev–Trinajstić information content (AvgIpc) is 2.35. The number of phenolic OH excluding ortho intramolecular Hbond substituents is 1. The maximum atomic E-state index is 11.1. The first-order valence-electron chi connectivity index (χ1n) is 5.52. The van der Waals surface area contributed by atoms with Gasteiger partial charge in [-0.1, -0.05) is 12.1 Å². The van der Waals surface area contributed by atoms with E-state index in [1.54, 1.807) is 12.1 Å². The Morgan fingerprint density at radius 1 is 1.28 bits per heavy atom. The molecule has 0 radical (unpaired) electrons. The molecule has 0 heterocycles. The number of aliphatic carboxylic acids is 1. The Hall–Kier alpha value is -2.24. The Morgan fingerprint density at radius 3 is 2.39 bits per heavy atom. The van der Waals surface area contributed by atoms with E-state index in [1.165, 1.54) is 19.2 Å². The van der Waals surface area contributed by atoms with Crippen LogP contribution in [0.15, 0.2) is 24.3 Å². The van der Waals surface area contributed by atoms with Crippen molar-refractivity contribution in [1.82, 2.24) is 10.6 Å². The summed E-state index contributed by atoms with van der Waals surface area (Å²) >= 11 is 0. The van der Waals surface area contributed by atoms with E-state index in [2.05, 4.69) is 10.6 Å². The van der Waals surface area contributed by atoms with Crippen LogP contribution in [-0.2, 0) is 11.2 Å². The minimum Gasteiger partial charge on any atom is -0.508 e. The minimum absolute atomic E-state index is 0.164. The van der Waals surface area contributed by atoms with E-state index in [4.69, 9.17) is 10.2 Å². The van der Waals surface area contributed by atoms with E-state index in [0.717, 1.165) is 5.56 Å². The van der Waals surface area contributed by atoms with E-state index < -0.39 is 18.0 Å². The first kappa shape index (κ1) is 13.8. The smallest absolute Gasteiger partial charge is 0.326 e. The summed E-state index contributed by atoms with van der Waals surface area (Å²) < 4.78 is 0. The number of benzene rings is 1. The minimum atomic E-state index is -1.07. The Kier molecular flexibility index (Phi) is 4.98. The molecule has 0 aliphatic rings. The standard InChI is InChI=1S/C12H16N2O4/c1-13-12(18)14-10(11(16)17)7-4-8-2-5-9(15)6-3-8/h2-3,5-6,10,15H,4,7H2,1H3,(H,16,17)(H2,13,14,18)/t10-/m0/s1. The van der Waals surface area contributed by atoms with E-state index in [1.807, 2.05) is 0 Å². The molecule has 0 fully saturated rings. The van der Waals surface area contributed by atoms with Gasteiger partial charge in [0.15, 0.2) is 0 Å². The van der Waals surface area contributed by atoms with Crippen LogP contribution in [0.3, 0.4) is 0 Å². The number of aromatic hydroxyl groups is 1. The van der Waals surface area contributed by atoms with Crippen molar-refractivity contribution in [2.75, 3.05) is 7.05 Å². The molecule has 18 heavy (non-hydrogen) atoms. The normalized spacial score (nSPS) is 11.6. The molecule has 6 nitrogen and oxygen atoms in total. The summed E-state index contributed by atoms with van der Waals surface area (Å²) in [6.45, 7) is 0. The number of carbonyl (C=O) groups is 2. The molecular weight excluding hydrogens is 236 g/mol. The van der Waals surface area contributed by atoms with Gasteiger partial charge in [-0.3, -0.25) is 0 Å². The molecule has 1 atom stereocenters. The lowest BCUT2D eigenvalue weighted by Crippen LogP contribution is -2.45. The highest BCUT2D eigenvalue weighted by Gasteiger charge is 2.18. The summed E-state index contributed by atoms with van der Waals surface area (Å²) in [5.74, 6) is -0.908. The lowest BCUT2D eigenvalue weighted by atomic mass is 10.1. The van der Waals surface area contributed by atoms with Crippen molar-refractivity contribution >= 4 is 12.0 Å². The van der Waals surface area contributed by atoms with Crippen molar-refractivity contribution in [2.45, 2.75) is 18.9 Å². The molecule has 0 aromatic heterocycles. The average molecular weight is 252 g/mol. The zero-order chi connectivity index (χ0) is 13.5. The summed E-state index contributed by atoms with van der Waals surface area (Å²) in [6.07, 6.45) is 0.786. The van der Waals surface area contributed by atoms with Gasteiger partial charge in [-0.25, -0.2) is 9.59 Å². The maximum absolute atomic E-state index is 11.1. The third-order valence-electron chi connectivity index (χ3n) is 2.49. The summed E-state index contributed by atoms with van der Waals surface area (Å²) in [7, 11) is 1.42. The van der Waals surface area contributed by atoms with Crippen LogP contribution in [0.5, 0.6) is 5.75 Å². The van der Waals surface area contributed by atoms with Gasteiger partial charge in [0.25, 0.3) is 0 Å². The molecule has 0 saturated carbocycles. The highest BCUT2D eigenvalue weighted by molar-refractivity contribution is 5.82. The lowest BCUT2D eigenvalue weighted by Gasteiger charge is -2.14. The van der Waals surface area contributed by atoms with E-state index in [0.29, 0.717) is 6.42 Å². The first-order chi connectivity index (χ1) is 8.52. The van der Waals surface area contributed by atoms with Crippen LogP contribution in [-0.4, -0.2) is 35.3 Å². The monoisotopic (exact) mass is 252 g/mol. The summed E-state index contributed by atoms with van der Waals surface area (Å²) in [6, 6.07) is 5.06. The molecule has 1 aromatic carbocycles. The molecule has 1 aromatic rings. The lowest BCUT2D eigenvalue weighted by molar-refractivity contribution is -0.139. The number of phenols is 1. The molecule has 0 unspecified atom stereocenters. The number of urea groups is 1. The van der Waals surface area contributed by atoms with Gasteiger partial charge in [-0.15, -0.1) is 0 Å². The molecule has 98 valence electrons. The Labute approximate surface area is 105 Å². The van der Waals surface area contributed by atoms with Gasteiger partial charge in [0.05, 0.1) is 0 Å². The zero-order valence-corrected chi connectivity index (χ0v) is 10.0. The van der Waals surface area contributed by atoms with Gasteiger partial charge >= 0.3 is 12.0 Å². The molecule has 2 amide bonds. The van der Waals surface area contributed by atoms with Crippen molar-refractivity contribution in [1.29, 1.82) is 0 Å². The molecule has 6 heteroatoms.